The highest BCUT2D eigenvalue weighted by Crippen LogP contribution is 2.26. The number of rotatable bonds is 3. The van der Waals surface area contributed by atoms with Crippen LogP contribution in [-0.2, 0) is 4.74 Å². The minimum atomic E-state index is -0.517. The average Bonchev–Trinajstić information content (AvgIpc) is 2.92. The number of fused-ring (bicyclic) bond motifs is 1. The molecule has 2 aromatic carbocycles. The fourth-order valence-electron chi connectivity index (χ4n) is 2.10. The van der Waals surface area contributed by atoms with E-state index in [1.165, 1.54) is 6.07 Å². The molecule has 0 spiro atoms. The molecule has 0 saturated carbocycles. The molecule has 3 aromatic rings. The van der Waals surface area contributed by atoms with Gasteiger partial charge in [0.2, 0.25) is 5.89 Å². The van der Waals surface area contributed by atoms with Gasteiger partial charge >= 0.3 is 6.09 Å². The standard InChI is InChI=1S/C17H15FN2O3/c1-10(2)22-17(21)19-12-8-6-11(7-9-12)16-20-15-13(18)4-3-5-14(15)23-16/h3-10H,1-2H3,(H,19,21). The Morgan fingerprint density at radius 2 is 1.96 bits per heavy atom. The third-order valence-electron chi connectivity index (χ3n) is 3.09. The SMILES string of the molecule is CC(C)OC(=O)Nc1ccc(-c2nc3c(F)cccc3o2)cc1. The molecule has 118 valence electrons. The van der Waals surface area contributed by atoms with Gasteiger partial charge in [0.15, 0.2) is 11.4 Å². The number of aromatic nitrogens is 1. The zero-order valence-corrected chi connectivity index (χ0v) is 12.7. The first-order valence-electron chi connectivity index (χ1n) is 7.16. The zero-order chi connectivity index (χ0) is 16.4. The first-order chi connectivity index (χ1) is 11.0. The second-order valence-corrected chi connectivity index (χ2v) is 5.26. The Morgan fingerprint density at radius 1 is 1.22 bits per heavy atom. The van der Waals surface area contributed by atoms with Crippen molar-refractivity contribution in [3.63, 3.8) is 0 Å². The molecule has 0 aliphatic carbocycles. The van der Waals surface area contributed by atoms with Crippen molar-refractivity contribution >= 4 is 22.9 Å². The third kappa shape index (κ3) is 3.31. The molecule has 1 N–H and O–H groups in total. The number of nitrogens with zero attached hydrogens (tertiary/aromatic N) is 1. The number of carbonyl (C=O) groups is 1. The first-order valence-corrected chi connectivity index (χ1v) is 7.16. The van der Waals surface area contributed by atoms with Crippen molar-refractivity contribution in [1.29, 1.82) is 0 Å². The van der Waals surface area contributed by atoms with Crippen LogP contribution in [0.15, 0.2) is 46.9 Å². The van der Waals surface area contributed by atoms with Gasteiger partial charge in [-0.15, -0.1) is 0 Å². The Hall–Kier alpha value is -2.89. The number of ether oxygens (including phenoxy) is 1. The molecular weight excluding hydrogens is 299 g/mol. The van der Waals surface area contributed by atoms with E-state index < -0.39 is 11.9 Å². The van der Waals surface area contributed by atoms with Crippen molar-refractivity contribution < 1.29 is 18.3 Å². The number of benzene rings is 2. The lowest BCUT2D eigenvalue weighted by Crippen LogP contribution is -2.17. The molecule has 0 radical (unpaired) electrons. The largest absolute Gasteiger partial charge is 0.447 e. The molecule has 0 unspecified atom stereocenters. The summed E-state index contributed by atoms with van der Waals surface area (Å²) in [5.74, 6) is -0.103. The van der Waals surface area contributed by atoms with Gasteiger partial charge < -0.3 is 9.15 Å². The Kier molecular flexibility index (Phi) is 3.97. The number of anilines is 1. The number of oxazole rings is 1. The smallest absolute Gasteiger partial charge is 0.411 e. The average molecular weight is 314 g/mol. The number of nitrogens with one attached hydrogen (secondary N) is 1. The van der Waals surface area contributed by atoms with Gasteiger partial charge in [-0.05, 0) is 50.2 Å². The number of carbonyl (C=O) groups excluding carboxylic acids is 1. The topological polar surface area (TPSA) is 64.4 Å². The minimum Gasteiger partial charge on any atom is -0.447 e. The molecule has 6 heteroatoms. The van der Waals surface area contributed by atoms with Gasteiger partial charge in [-0.2, -0.15) is 0 Å². The number of hydrogen-bond acceptors (Lipinski definition) is 4. The molecule has 0 saturated heterocycles. The highest BCUT2D eigenvalue weighted by molar-refractivity contribution is 5.85. The number of hydrogen-bond donors (Lipinski definition) is 1. The molecule has 1 aromatic heterocycles. The normalized spacial score (nSPS) is 11.0. The summed E-state index contributed by atoms with van der Waals surface area (Å²) in [7, 11) is 0. The minimum absolute atomic E-state index is 0.191. The fraction of sp³-hybridized carbons (Fsp3) is 0.176. The van der Waals surface area contributed by atoms with Crippen molar-refractivity contribution in [1.82, 2.24) is 4.98 Å². The summed E-state index contributed by atoms with van der Waals surface area (Å²) in [4.78, 5) is 15.7. The van der Waals surface area contributed by atoms with Crippen LogP contribution in [0.5, 0.6) is 0 Å². The lowest BCUT2D eigenvalue weighted by molar-refractivity contribution is 0.130. The summed E-state index contributed by atoms with van der Waals surface area (Å²) >= 11 is 0. The van der Waals surface area contributed by atoms with Crippen molar-refractivity contribution in [2.45, 2.75) is 20.0 Å². The Labute approximate surface area is 132 Å². The van der Waals surface area contributed by atoms with E-state index in [1.807, 2.05) is 0 Å². The van der Waals surface area contributed by atoms with E-state index in [1.54, 1.807) is 50.2 Å². The lowest BCUT2D eigenvalue weighted by Gasteiger charge is -2.09. The van der Waals surface area contributed by atoms with Crippen LogP contribution in [0.4, 0.5) is 14.9 Å². The summed E-state index contributed by atoms with van der Waals surface area (Å²) in [5, 5.41) is 2.62. The monoisotopic (exact) mass is 314 g/mol. The molecule has 0 atom stereocenters. The van der Waals surface area contributed by atoms with Crippen LogP contribution in [0.2, 0.25) is 0 Å². The van der Waals surface area contributed by atoms with Gasteiger partial charge in [0.25, 0.3) is 0 Å². The molecule has 0 fully saturated rings. The maximum atomic E-state index is 13.6. The van der Waals surface area contributed by atoms with Crippen LogP contribution >= 0.6 is 0 Å². The van der Waals surface area contributed by atoms with Crippen molar-refractivity contribution in [3.8, 4) is 11.5 Å². The van der Waals surface area contributed by atoms with Gasteiger partial charge in [0.1, 0.15) is 5.52 Å². The van der Waals surface area contributed by atoms with Crippen molar-refractivity contribution in [2.75, 3.05) is 5.32 Å². The van der Waals surface area contributed by atoms with Crippen LogP contribution in [0.1, 0.15) is 13.8 Å². The maximum Gasteiger partial charge on any atom is 0.411 e. The molecule has 3 rings (SSSR count). The first kappa shape index (κ1) is 15.0. The van der Waals surface area contributed by atoms with Crippen LogP contribution in [0.25, 0.3) is 22.6 Å². The highest BCUT2D eigenvalue weighted by atomic mass is 19.1. The quantitative estimate of drug-likeness (QED) is 0.768. The predicted molar refractivity (Wildman–Crippen MR) is 84.6 cm³/mol. The van der Waals surface area contributed by atoms with Gasteiger partial charge in [-0.25, -0.2) is 14.2 Å². The molecule has 1 amide bonds. The molecule has 0 aliphatic heterocycles. The van der Waals surface area contributed by atoms with E-state index in [4.69, 9.17) is 9.15 Å². The third-order valence-corrected chi connectivity index (χ3v) is 3.09. The number of amides is 1. The summed E-state index contributed by atoms with van der Waals surface area (Å²) in [6, 6.07) is 11.4. The van der Waals surface area contributed by atoms with Crippen molar-refractivity contribution in [3.05, 3.63) is 48.3 Å². The van der Waals surface area contributed by atoms with Crippen LogP contribution in [0, 0.1) is 5.82 Å². The number of para-hydroxylation sites is 1. The van der Waals surface area contributed by atoms with E-state index in [-0.39, 0.29) is 11.6 Å². The van der Waals surface area contributed by atoms with E-state index in [0.29, 0.717) is 22.7 Å². The fourth-order valence-corrected chi connectivity index (χ4v) is 2.10. The molecule has 23 heavy (non-hydrogen) atoms. The zero-order valence-electron chi connectivity index (χ0n) is 12.7. The molecular formula is C17H15FN2O3. The van der Waals surface area contributed by atoms with Crippen LogP contribution < -0.4 is 5.32 Å². The van der Waals surface area contributed by atoms with E-state index >= 15 is 0 Å². The van der Waals surface area contributed by atoms with Gasteiger partial charge in [-0.3, -0.25) is 5.32 Å². The number of halogens is 1. The Morgan fingerprint density at radius 3 is 2.61 bits per heavy atom. The van der Waals surface area contributed by atoms with E-state index in [2.05, 4.69) is 10.3 Å². The Balaban J connectivity index is 1.81. The summed E-state index contributed by atoms with van der Waals surface area (Å²) in [5.41, 5.74) is 1.86. The van der Waals surface area contributed by atoms with Gasteiger partial charge in [0, 0.05) is 11.3 Å². The second-order valence-electron chi connectivity index (χ2n) is 5.26. The summed E-state index contributed by atoms with van der Waals surface area (Å²) in [6.45, 7) is 3.55. The lowest BCUT2D eigenvalue weighted by atomic mass is 10.2. The Bertz CT molecular complexity index is 841. The van der Waals surface area contributed by atoms with Crippen molar-refractivity contribution in [2.24, 2.45) is 0 Å². The molecule has 0 bridgehead atoms. The van der Waals surface area contributed by atoms with Crippen LogP contribution in [0.3, 0.4) is 0 Å². The maximum absolute atomic E-state index is 13.6. The summed E-state index contributed by atoms with van der Waals surface area (Å²) < 4.78 is 24.2. The second kappa shape index (κ2) is 6.08. The summed E-state index contributed by atoms with van der Waals surface area (Å²) in [6.07, 6.45) is -0.708. The van der Waals surface area contributed by atoms with Gasteiger partial charge in [-0.1, -0.05) is 6.07 Å². The predicted octanol–water partition coefficient (Wildman–Crippen LogP) is 4.59. The molecule has 0 aliphatic rings. The molecule has 1 heterocycles. The molecule has 5 nitrogen and oxygen atoms in total. The highest BCUT2D eigenvalue weighted by Gasteiger charge is 2.12. The van der Waals surface area contributed by atoms with E-state index in [0.717, 1.165) is 0 Å². The van der Waals surface area contributed by atoms with Gasteiger partial charge in [0.05, 0.1) is 6.10 Å². The van der Waals surface area contributed by atoms with Crippen LogP contribution in [-0.4, -0.2) is 17.2 Å². The van der Waals surface area contributed by atoms with E-state index in [9.17, 15) is 9.18 Å².